The average molecular weight is 407 g/mol. The van der Waals surface area contributed by atoms with Crippen LogP contribution in [0.15, 0.2) is 83.8 Å². The molecule has 1 heterocycles. The lowest BCUT2D eigenvalue weighted by atomic mass is 9.86. The van der Waals surface area contributed by atoms with Crippen LogP contribution in [0.2, 0.25) is 0 Å². The van der Waals surface area contributed by atoms with Crippen molar-refractivity contribution in [2.24, 2.45) is 5.92 Å². The Balaban J connectivity index is 1.72. The molecular weight excluding hydrogens is 386 g/mol. The Morgan fingerprint density at radius 1 is 0.931 bits per heavy atom. The third-order valence-electron chi connectivity index (χ3n) is 5.08. The number of ether oxygens (including phenoxy) is 1. The molecule has 29 heavy (non-hydrogen) atoms. The molecule has 1 aliphatic heterocycles. The fourth-order valence-electron chi connectivity index (χ4n) is 3.49. The minimum absolute atomic E-state index is 0.103. The molecule has 1 N–H and O–H groups in total. The molecule has 0 spiro atoms. The summed E-state index contributed by atoms with van der Waals surface area (Å²) in [6.07, 6.45) is 0. The van der Waals surface area contributed by atoms with Gasteiger partial charge in [0.25, 0.3) is 0 Å². The number of sulfonamides is 1. The van der Waals surface area contributed by atoms with Gasteiger partial charge in [0.05, 0.1) is 22.4 Å². The van der Waals surface area contributed by atoms with Crippen LogP contribution in [0.5, 0.6) is 5.75 Å². The summed E-state index contributed by atoms with van der Waals surface area (Å²) in [6, 6.07) is 22.0. The minimum Gasteiger partial charge on any atom is -0.492 e. The van der Waals surface area contributed by atoms with E-state index in [4.69, 9.17) is 4.74 Å². The van der Waals surface area contributed by atoms with E-state index < -0.39 is 22.0 Å². The maximum absolute atomic E-state index is 13.2. The van der Waals surface area contributed by atoms with Crippen LogP contribution in [0.1, 0.15) is 27.5 Å². The van der Waals surface area contributed by atoms with Crippen molar-refractivity contribution in [3.63, 3.8) is 0 Å². The van der Waals surface area contributed by atoms with Gasteiger partial charge in [-0.05, 0) is 36.8 Å². The monoisotopic (exact) mass is 407 g/mol. The van der Waals surface area contributed by atoms with Crippen molar-refractivity contribution < 1.29 is 17.9 Å². The first kappa shape index (κ1) is 19.4. The zero-order chi connectivity index (χ0) is 20.4. The number of Topliss-reactive ketones (excluding diaryl/α,β-unsaturated/α-hetero) is 1. The fraction of sp³-hybridized carbons (Fsp3) is 0.174. The Hall–Kier alpha value is -2.96. The van der Waals surface area contributed by atoms with Gasteiger partial charge < -0.3 is 4.74 Å². The number of nitrogens with one attached hydrogen (secondary N) is 1. The summed E-state index contributed by atoms with van der Waals surface area (Å²) in [7, 11) is -3.83. The van der Waals surface area contributed by atoms with E-state index >= 15 is 0 Å². The smallest absolute Gasteiger partial charge is 0.241 e. The number of carbonyl (C=O) groups excluding carboxylic acids is 1. The largest absolute Gasteiger partial charge is 0.492 e. The Morgan fingerprint density at radius 3 is 2.31 bits per heavy atom. The van der Waals surface area contributed by atoms with Crippen LogP contribution >= 0.6 is 0 Å². The molecule has 0 aliphatic carbocycles. The quantitative estimate of drug-likeness (QED) is 0.696. The van der Waals surface area contributed by atoms with Crippen molar-refractivity contribution in [1.82, 2.24) is 4.72 Å². The van der Waals surface area contributed by atoms with Gasteiger partial charge in [0.15, 0.2) is 5.78 Å². The van der Waals surface area contributed by atoms with Gasteiger partial charge in [-0.2, -0.15) is 0 Å². The maximum Gasteiger partial charge on any atom is 0.241 e. The van der Waals surface area contributed by atoms with E-state index in [1.54, 1.807) is 48.5 Å². The topological polar surface area (TPSA) is 72.5 Å². The third kappa shape index (κ3) is 3.95. The van der Waals surface area contributed by atoms with Crippen LogP contribution in [0.3, 0.4) is 0 Å². The number of rotatable bonds is 5. The standard InChI is InChI=1S/C23H21NO4S/c1-16-11-13-18(14-12-16)29(26,27)24-22(17-7-3-2-4-8-17)20-15-28-21-10-6-5-9-19(21)23(20)25/h2-14,20,22,24H,15H2,1H3/t20-,22+/m0/s1. The van der Waals surface area contributed by atoms with E-state index in [1.807, 2.05) is 37.3 Å². The van der Waals surface area contributed by atoms with Gasteiger partial charge in [-0.3, -0.25) is 4.79 Å². The van der Waals surface area contributed by atoms with Gasteiger partial charge in [0.1, 0.15) is 12.4 Å². The Bertz CT molecular complexity index is 1130. The van der Waals surface area contributed by atoms with Gasteiger partial charge >= 0.3 is 0 Å². The third-order valence-corrected chi connectivity index (χ3v) is 6.54. The highest BCUT2D eigenvalue weighted by atomic mass is 32.2. The highest BCUT2D eigenvalue weighted by Gasteiger charge is 2.38. The van der Waals surface area contributed by atoms with E-state index in [-0.39, 0.29) is 17.3 Å². The number of hydrogen-bond acceptors (Lipinski definition) is 4. The number of hydrogen-bond donors (Lipinski definition) is 1. The molecule has 3 aromatic carbocycles. The van der Waals surface area contributed by atoms with Gasteiger partial charge in [0.2, 0.25) is 10.0 Å². The van der Waals surface area contributed by atoms with Crippen LogP contribution in [-0.2, 0) is 10.0 Å². The molecule has 0 amide bonds. The number of ketones is 1. The van der Waals surface area contributed by atoms with Crippen LogP contribution in [0, 0.1) is 12.8 Å². The first-order valence-electron chi connectivity index (χ1n) is 9.36. The molecule has 0 unspecified atom stereocenters. The summed E-state index contributed by atoms with van der Waals surface area (Å²) in [6.45, 7) is 2.00. The average Bonchev–Trinajstić information content (AvgIpc) is 2.74. The molecular formula is C23H21NO4S. The lowest BCUT2D eigenvalue weighted by molar-refractivity contribution is 0.0792. The van der Waals surface area contributed by atoms with Crippen LogP contribution in [0.4, 0.5) is 0 Å². The zero-order valence-corrected chi connectivity index (χ0v) is 16.7. The van der Waals surface area contributed by atoms with Gasteiger partial charge in [-0.25, -0.2) is 13.1 Å². The number of carbonyl (C=O) groups is 1. The lowest BCUT2D eigenvalue weighted by Crippen LogP contribution is -2.41. The van der Waals surface area contributed by atoms with Gasteiger partial charge in [0, 0.05) is 0 Å². The summed E-state index contributed by atoms with van der Waals surface area (Å²) in [5, 5.41) is 0. The first-order valence-corrected chi connectivity index (χ1v) is 10.8. The van der Waals surface area contributed by atoms with Crippen molar-refractivity contribution in [2.45, 2.75) is 17.9 Å². The van der Waals surface area contributed by atoms with Crippen LogP contribution < -0.4 is 9.46 Å². The van der Waals surface area contributed by atoms with E-state index in [0.29, 0.717) is 16.9 Å². The van der Waals surface area contributed by atoms with E-state index in [1.165, 1.54) is 0 Å². The van der Waals surface area contributed by atoms with Crippen LogP contribution in [-0.4, -0.2) is 20.8 Å². The summed E-state index contributed by atoms with van der Waals surface area (Å²) in [5.41, 5.74) is 2.15. The molecule has 0 saturated carbocycles. The number of para-hydroxylation sites is 1. The molecule has 3 aromatic rings. The van der Waals surface area contributed by atoms with Crippen molar-refractivity contribution in [1.29, 1.82) is 0 Å². The van der Waals surface area contributed by atoms with Crippen molar-refractivity contribution in [3.8, 4) is 5.75 Å². The van der Waals surface area contributed by atoms with Gasteiger partial charge in [-0.15, -0.1) is 0 Å². The Kier molecular flexibility index (Phi) is 5.22. The van der Waals surface area contributed by atoms with Crippen LogP contribution in [0.25, 0.3) is 0 Å². The maximum atomic E-state index is 13.2. The second-order valence-electron chi connectivity index (χ2n) is 7.10. The van der Waals surface area contributed by atoms with E-state index in [2.05, 4.69) is 4.72 Å². The molecule has 2 atom stereocenters. The van der Waals surface area contributed by atoms with Crippen molar-refractivity contribution in [3.05, 3.63) is 95.6 Å². The summed E-state index contributed by atoms with van der Waals surface area (Å²) in [5.74, 6) is -0.276. The Labute approximate surface area is 170 Å². The molecule has 4 rings (SSSR count). The summed E-state index contributed by atoms with van der Waals surface area (Å²) < 4.78 is 34.7. The van der Waals surface area contributed by atoms with Crippen molar-refractivity contribution in [2.75, 3.05) is 6.61 Å². The summed E-state index contributed by atoms with van der Waals surface area (Å²) >= 11 is 0. The predicted octanol–water partition coefficient (Wildman–Crippen LogP) is 3.91. The normalized spacial score (nSPS) is 17.3. The van der Waals surface area contributed by atoms with Gasteiger partial charge in [-0.1, -0.05) is 60.2 Å². The predicted molar refractivity (Wildman–Crippen MR) is 110 cm³/mol. The molecule has 1 aliphatic rings. The molecule has 0 radical (unpaired) electrons. The van der Waals surface area contributed by atoms with E-state index in [9.17, 15) is 13.2 Å². The SMILES string of the molecule is Cc1ccc(S(=O)(=O)N[C@H](c2ccccc2)[C@@H]2COc3ccccc3C2=O)cc1. The first-order chi connectivity index (χ1) is 14.0. The fourth-order valence-corrected chi connectivity index (χ4v) is 4.76. The number of benzene rings is 3. The molecule has 0 fully saturated rings. The molecule has 0 saturated heterocycles. The van der Waals surface area contributed by atoms with E-state index in [0.717, 1.165) is 5.56 Å². The number of fused-ring (bicyclic) bond motifs is 1. The van der Waals surface area contributed by atoms with Crippen molar-refractivity contribution >= 4 is 15.8 Å². The molecule has 0 aromatic heterocycles. The number of aryl methyl sites for hydroxylation is 1. The zero-order valence-electron chi connectivity index (χ0n) is 15.9. The Morgan fingerprint density at radius 2 is 1.59 bits per heavy atom. The second-order valence-corrected chi connectivity index (χ2v) is 8.81. The highest BCUT2D eigenvalue weighted by Crippen LogP contribution is 2.34. The molecule has 0 bridgehead atoms. The molecule has 148 valence electrons. The summed E-state index contributed by atoms with van der Waals surface area (Å²) in [4.78, 5) is 13.3. The second kappa shape index (κ2) is 7.81. The lowest BCUT2D eigenvalue weighted by Gasteiger charge is -2.31. The minimum atomic E-state index is -3.83. The molecule has 6 heteroatoms. The highest BCUT2D eigenvalue weighted by molar-refractivity contribution is 7.89. The molecule has 5 nitrogen and oxygen atoms in total.